The van der Waals surface area contributed by atoms with E-state index >= 15 is 0 Å². The number of hydrogen-bond donors (Lipinski definition) is 1. The predicted octanol–water partition coefficient (Wildman–Crippen LogP) is 2.38. The smallest absolute Gasteiger partial charge is 0.251 e. The van der Waals surface area contributed by atoms with Gasteiger partial charge in [-0.15, -0.1) is 0 Å². The minimum absolute atomic E-state index is 0.125. The SMILES string of the molecule is C[C@H]1COCCN1c1nc(N2CCOC[C@@H]2C)c2ccc(-c3ccc(F)c(C(N)=O)c3)nc2n1. The minimum Gasteiger partial charge on any atom is -0.377 e. The van der Waals surface area contributed by atoms with Crippen LogP contribution in [0, 0.1) is 5.82 Å². The third-order valence-electron chi connectivity index (χ3n) is 6.32. The second-order valence-electron chi connectivity index (χ2n) is 8.71. The van der Waals surface area contributed by atoms with Gasteiger partial charge in [0.05, 0.1) is 55.2 Å². The molecular formula is C24H27FN6O3. The first-order chi connectivity index (χ1) is 16.4. The second kappa shape index (κ2) is 9.11. The number of fused-ring (bicyclic) bond motifs is 1. The fourth-order valence-electron chi connectivity index (χ4n) is 4.43. The molecule has 9 nitrogen and oxygen atoms in total. The van der Waals surface area contributed by atoms with Gasteiger partial charge in [0.1, 0.15) is 11.6 Å². The van der Waals surface area contributed by atoms with Gasteiger partial charge in [0, 0.05) is 18.7 Å². The molecule has 2 N–H and O–H groups in total. The fourth-order valence-corrected chi connectivity index (χ4v) is 4.43. The molecule has 4 heterocycles. The lowest BCUT2D eigenvalue weighted by molar-refractivity contribution is 0.0973. The molecule has 1 aromatic carbocycles. The Morgan fingerprint density at radius 3 is 2.38 bits per heavy atom. The second-order valence-corrected chi connectivity index (χ2v) is 8.71. The maximum atomic E-state index is 14.0. The molecule has 0 saturated carbocycles. The van der Waals surface area contributed by atoms with E-state index in [1.54, 1.807) is 6.07 Å². The minimum atomic E-state index is -0.824. The zero-order valence-electron chi connectivity index (χ0n) is 19.2. The maximum Gasteiger partial charge on any atom is 0.251 e. The van der Waals surface area contributed by atoms with Crippen LogP contribution in [0.1, 0.15) is 24.2 Å². The summed E-state index contributed by atoms with van der Waals surface area (Å²) in [6.07, 6.45) is 0. The van der Waals surface area contributed by atoms with Crippen molar-refractivity contribution in [3.63, 3.8) is 0 Å². The number of carbonyl (C=O) groups excluding carboxylic acids is 1. The van der Waals surface area contributed by atoms with E-state index in [4.69, 9.17) is 30.2 Å². The largest absolute Gasteiger partial charge is 0.377 e. The molecule has 2 atom stereocenters. The van der Waals surface area contributed by atoms with Gasteiger partial charge < -0.3 is 25.0 Å². The van der Waals surface area contributed by atoms with Crippen LogP contribution in [0.15, 0.2) is 30.3 Å². The molecule has 2 aliphatic rings. The summed E-state index contributed by atoms with van der Waals surface area (Å²) in [6.45, 7) is 8.03. The van der Waals surface area contributed by atoms with E-state index in [0.717, 1.165) is 11.2 Å². The fraction of sp³-hybridized carbons (Fsp3) is 0.417. The number of amides is 1. The normalized spacial score (nSPS) is 21.1. The average molecular weight is 467 g/mol. The molecule has 0 spiro atoms. The lowest BCUT2D eigenvalue weighted by Crippen LogP contribution is -2.46. The van der Waals surface area contributed by atoms with Gasteiger partial charge in [-0.25, -0.2) is 9.37 Å². The van der Waals surface area contributed by atoms with Crippen LogP contribution < -0.4 is 15.5 Å². The van der Waals surface area contributed by atoms with Crippen LogP contribution in [0.25, 0.3) is 22.3 Å². The van der Waals surface area contributed by atoms with Crippen molar-refractivity contribution >= 4 is 28.7 Å². The molecule has 0 unspecified atom stereocenters. The Labute approximate surface area is 196 Å². The number of morpholine rings is 2. The van der Waals surface area contributed by atoms with Gasteiger partial charge in [0.2, 0.25) is 5.95 Å². The molecule has 0 bridgehead atoms. The van der Waals surface area contributed by atoms with E-state index in [1.165, 1.54) is 12.1 Å². The molecule has 34 heavy (non-hydrogen) atoms. The number of nitrogens with two attached hydrogens (primary N) is 1. The molecule has 1 amide bonds. The summed E-state index contributed by atoms with van der Waals surface area (Å²) in [6, 6.07) is 8.25. The van der Waals surface area contributed by atoms with Crippen molar-refractivity contribution in [2.24, 2.45) is 5.73 Å². The monoisotopic (exact) mass is 466 g/mol. The Bertz CT molecular complexity index is 1240. The number of hydrogen-bond acceptors (Lipinski definition) is 8. The van der Waals surface area contributed by atoms with Crippen LogP contribution in [-0.2, 0) is 9.47 Å². The Morgan fingerprint density at radius 2 is 1.71 bits per heavy atom. The predicted molar refractivity (Wildman–Crippen MR) is 126 cm³/mol. The highest BCUT2D eigenvalue weighted by molar-refractivity contribution is 5.95. The zero-order valence-corrected chi connectivity index (χ0v) is 19.2. The number of carbonyl (C=O) groups is 1. The van der Waals surface area contributed by atoms with Crippen molar-refractivity contribution in [1.82, 2.24) is 15.0 Å². The summed E-state index contributed by atoms with van der Waals surface area (Å²) in [4.78, 5) is 30.6. The van der Waals surface area contributed by atoms with Gasteiger partial charge in [-0.2, -0.15) is 9.97 Å². The molecular weight excluding hydrogens is 439 g/mol. The first-order valence-corrected chi connectivity index (χ1v) is 11.4. The van der Waals surface area contributed by atoms with Crippen molar-refractivity contribution < 1.29 is 18.7 Å². The molecule has 2 saturated heterocycles. The molecule has 0 radical (unpaired) electrons. The van der Waals surface area contributed by atoms with E-state index in [-0.39, 0.29) is 17.6 Å². The molecule has 2 aromatic heterocycles. The van der Waals surface area contributed by atoms with E-state index in [9.17, 15) is 9.18 Å². The third kappa shape index (κ3) is 4.14. The standard InChI is InChI=1S/C24H27FN6O3/c1-14-12-33-9-7-30(14)23-17-4-6-20(16-3-5-19(25)18(11-16)21(26)32)27-22(17)28-24(29-23)31-8-10-34-13-15(31)2/h3-6,11,14-15H,7-10,12-13H2,1-2H3,(H2,26,32)/t14-,15-/m0/s1. The number of benzene rings is 1. The van der Waals surface area contributed by atoms with Crippen LogP contribution in [0.5, 0.6) is 0 Å². The molecule has 2 aliphatic heterocycles. The number of primary amides is 1. The summed E-state index contributed by atoms with van der Waals surface area (Å²) < 4.78 is 25.2. The lowest BCUT2D eigenvalue weighted by atomic mass is 10.1. The van der Waals surface area contributed by atoms with E-state index < -0.39 is 11.7 Å². The number of aromatic nitrogens is 3. The van der Waals surface area contributed by atoms with Gasteiger partial charge >= 0.3 is 0 Å². The lowest BCUT2D eigenvalue weighted by Gasteiger charge is -2.37. The number of ether oxygens (including phenoxy) is 2. The highest BCUT2D eigenvalue weighted by atomic mass is 19.1. The summed E-state index contributed by atoms with van der Waals surface area (Å²) in [5.41, 5.74) is 6.83. The number of nitrogens with zero attached hydrogens (tertiary/aromatic N) is 5. The number of pyridine rings is 1. The molecule has 5 rings (SSSR count). The Hall–Kier alpha value is -3.37. The summed E-state index contributed by atoms with van der Waals surface area (Å²) in [5.74, 6) is -0.0785. The van der Waals surface area contributed by atoms with Gasteiger partial charge in [0.25, 0.3) is 5.91 Å². The first kappa shape index (κ1) is 22.4. The molecule has 3 aromatic rings. The maximum absolute atomic E-state index is 14.0. The van der Waals surface area contributed by atoms with Gasteiger partial charge in [0.15, 0.2) is 5.65 Å². The topological polar surface area (TPSA) is 107 Å². The zero-order chi connectivity index (χ0) is 23.8. The summed E-state index contributed by atoms with van der Waals surface area (Å²) >= 11 is 0. The van der Waals surface area contributed by atoms with Crippen molar-refractivity contribution in [1.29, 1.82) is 0 Å². The van der Waals surface area contributed by atoms with Crippen molar-refractivity contribution in [3.05, 3.63) is 41.7 Å². The van der Waals surface area contributed by atoms with E-state index in [1.807, 2.05) is 12.1 Å². The van der Waals surface area contributed by atoms with Crippen LogP contribution in [0.4, 0.5) is 16.2 Å². The van der Waals surface area contributed by atoms with Gasteiger partial charge in [-0.05, 0) is 44.2 Å². The highest BCUT2D eigenvalue weighted by Gasteiger charge is 2.27. The Morgan fingerprint density at radius 1 is 1.00 bits per heavy atom. The van der Waals surface area contributed by atoms with Gasteiger partial charge in [-0.3, -0.25) is 4.79 Å². The first-order valence-electron chi connectivity index (χ1n) is 11.4. The van der Waals surface area contributed by atoms with E-state index in [2.05, 4.69) is 23.6 Å². The Balaban J connectivity index is 1.65. The number of halogens is 1. The van der Waals surface area contributed by atoms with Crippen LogP contribution >= 0.6 is 0 Å². The average Bonchev–Trinajstić information content (AvgIpc) is 2.84. The molecule has 2 fully saturated rings. The van der Waals surface area contributed by atoms with Crippen LogP contribution in [0.3, 0.4) is 0 Å². The number of anilines is 2. The molecule has 10 heteroatoms. The van der Waals surface area contributed by atoms with Crippen molar-refractivity contribution in [2.75, 3.05) is 49.3 Å². The highest BCUT2D eigenvalue weighted by Crippen LogP contribution is 2.31. The van der Waals surface area contributed by atoms with Crippen LogP contribution in [-0.4, -0.2) is 72.5 Å². The van der Waals surface area contributed by atoms with Crippen molar-refractivity contribution in [2.45, 2.75) is 25.9 Å². The summed E-state index contributed by atoms with van der Waals surface area (Å²) in [5, 5.41) is 0.819. The Kier molecular flexibility index (Phi) is 6.01. The van der Waals surface area contributed by atoms with Crippen LogP contribution in [0.2, 0.25) is 0 Å². The number of rotatable bonds is 4. The van der Waals surface area contributed by atoms with Crippen molar-refractivity contribution in [3.8, 4) is 11.3 Å². The molecule has 178 valence electrons. The quantitative estimate of drug-likeness (QED) is 0.625. The van der Waals surface area contributed by atoms with E-state index in [0.29, 0.717) is 62.4 Å². The molecule has 0 aliphatic carbocycles. The third-order valence-corrected chi connectivity index (χ3v) is 6.32. The summed E-state index contributed by atoms with van der Waals surface area (Å²) in [7, 11) is 0. The van der Waals surface area contributed by atoms with Gasteiger partial charge in [-0.1, -0.05) is 0 Å².